The van der Waals surface area contributed by atoms with Crippen LogP contribution in [0.25, 0.3) is 0 Å². The molecule has 2 saturated heterocycles. The first-order chi connectivity index (χ1) is 18.9. The fourth-order valence-corrected chi connectivity index (χ4v) is 4.96. The predicted octanol–water partition coefficient (Wildman–Crippen LogP) is 2.24. The van der Waals surface area contributed by atoms with E-state index in [0.717, 1.165) is 5.56 Å². The molecule has 1 aromatic rings. The molecule has 2 fully saturated rings. The van der Waals surface area contributed by atoms with E-state index in [1.165, 1.54) is 27.7 Å². The number of ether oxygens (including phenoxy) is 8. The van der Waals surface area contributed by atoms with Gasteiger partial charge in [-0.15, -0.1) is 0 Å². The van der Waals surface area contributed by atoms with Crippen LogP contribution in [0, 0.1) is 0 Å². The molecule has 4 unspecified atom stereocenters. The molecule has 40 heavy (non-hydrogen) atoms. The van der Waals surface area contributed by atoms with E-state index in [2.05, 4.69) is 0 Å². The van der Waals surface area contributed by atoms with Crippen molar-refractivity contribution in [3.8, 4) is 0 Å². The molecule has 2 aliphatic heterocycles. The summed E-state index contributed by atoms with van der Waals surface area (Å²) in [5.41, 5.74) is 0.899. The number of benzene rings is 1. The second kappa shape index (κ2) is 14.0. The highest BCUT2D eigenvalue weighted by atomic mass is 16.7. The highest BCUT2D eigenvalue weighted by Gasteiger charge is 2.54. The van der Waals surface area contributed by atoms with Crippen LogP contribution in [-0.2, 0) is 63.7 Å². The molecule has 10 atom stereocenters. The third-order valence-electron chi connectivity index (χ3n) is 6.51. The number of rotatable bonds is 9. The van der Waals surface area contributed by atoms with Gasteiger partial charge in [0.15, 0.2) is 30.7 Å². The van der Waals surface area contributed by atoms with E-state index in [4.69, 9.17) is 37.9 Å². The lowest BCUT2D eigenvalue weighted by atomic mass is 9.94. The van der Waals surface area contributed by atoms with Crippen LogP contribution in [0.3, 0.4) is 0 Å². The number of carbonyl (C=O) groups excluding carboxylic acids is 4. The van der Waals surface area contributed by atoms with Crippen LogP contribution in [0.1, 0.15) is 54.0 Å². The largest absolute Gasteiger partial charge is 0.457 e. The summed E-state index contributed by atoms with van der Waals surface area (Å²) in [6, 6.07) is 9.45. The van der Waals surface area contributed by atoms with Gasteiger partial charge in [0.1, 0.15) is 12.2 Å². The van der Waals surface area contributed by atoms with Crippen molar-refractivity contribution in [2.24, 2.45) is 0 Å². The molecule has 3 rings (SSSR count). The van der Waals surface area contributed by atoms with Crippen molar-refractivity contribution in [2.75, 3.05) is 0 Å². The van der Waals surface area contributed by atoms with Crippen molar-refractivity contribution < 1.29 is 57.1 Å². The average molecular weight is 567 g/mol. The van der Waals surface area contributed by atoms with Gasteiger partial charge < -0.3 is 37.9 Å². The van der Waals surface area contributed by atoms with E-state index in [1.807, 2.05) is 30.3 Å². The van der Waals surface area contributed by atoms with E-state index in [0.29, 0.717) is 0 Å². The summed E-state index contributed by atoms with van der Waals surface area (Å²) in [7, 11) is 0. The lowest BCUT2D eigenvalue weighted by molar-refractivity contribution is -0.340. The van der Waals surface area contributed by atoms with Gasteiger partial charge in [-0.1, -0.05) is 30.3 Å². The maximum absolute atomic E-state index is 12.1. The van der Waals surface area contributed by atoms with Crippen molar-refractivity contribution in [1.29, 1.82) is 0 Å². The van der Waals surface area contributed by atoms with Crippen molar-refractivity contribution in [3.63, 3.8) is 0 Å². The third kappa shape index (κ3) is 8.23. The smallest absolute Gasteiger partial charge is 0.303 e. The molecule has 0 aliphatic carbocycles. The molecule has 12 nitrogen and oxygen atoms in total. The SMILES string of the molecule is CC(=O)OC1[C@H](O[C@H]2C(OC(C)=O)[C@H](C)OC(C)[C@@H]2OCc2ccccc2)OC(C)[C@H](OC(C)=O)[C@H]1OC(C)=O. The second-order valence-electron chi connectivity index (χ2n) is 9.91. The molecule has 0 aromatic heterocycles. The number of hydrogen-bond donors (Lipinski definition) is 0. The van der Waals surface area contributed by atoms with Crippen molar-refractivity contribution in [3.05, 3.63) is 35.9 Å². The Kier molecular flexibility index (Phi) is 11.0. The van der Waals surface area contributed by atoms with E-state index in [1.54, 1.807) is 20.8 Å². The van der Waals surface area contributed by atoms with E-state index in [-0.39, 0.29) is 6.61 Å². The highest BCUT2D eigenvalue weighted by molar-refractivity contribution is 5.68. The molecule has 1 aromatic carbocycles. The third-order valence-corrected chi connectivity index (χ3v) is 6.51. The van der Waals surface area contributed by atoms with Crippen LogP contribution in [-0.4, -0.2) is 85.1 Å². The molecule has 0 spiro atoms. The van der Waals surface area contributed by atoms with Gasteiger partial charge in [-0.05, 0) is 26.3 Å². The molecule has 0 bridgehead atoms. The predicted molar refractivity (Wildman–Crippen MR) is 136 cm³/mol. The Morgan fingerprint density at radius 1 is 0.600 bits per heavy atom. The van der Waals surface area contributed by atoms with Gasteiger partial charge in [-0.2, -0.15) is 0 Å². The maximum Gasteiger partial charge on any atom is 0.303 e. The van der Waals surface area contributed by atoms with Crippen LogP contribution in [0.4, 0.5) is 0 Å². The Balaban J connectivity index is 1.98. The lowest BCUT2D eigenvalue weighted by Crippen LogP contribution is -2.65. The van der Waals surface area contributed by atoms with Gasteiger partial charge in [0.25, 0.3) is 0 Å². The molecular formula is C28H38O12. The first kappa shape index (κ1) is 31.5. The Bertz CT molecular complexity index is 1030. The maximum atomic E-state index is 12.1. The van der Waals surface area contributed by atoms with Crippen LogP contribution in [0.5, 0.6) is 0 Å². The van der Waals surface area contributed by atoms with Gasteiger partial charge in [-0.3, -0.25) is 19.2 Å². The summed E-state index contributed by atoms with van der Waals surface area (Å²) in [6.07, 6.45) is -9.55. The molecular weight excluding hydrogens is 528 g/mol. The summed E-state index contributed by atoms with van der Waals surface area (Å²) < 4.78 is 46.7. The fourth-order valence-electron chi connectivity index (χ4n) is 4.96. The minimum absolute atomic E-state index is 0.208. The first-order valence-electron chi connectivity index (χ1n) is 13.2. The zero-order valence-electron chi connectivity index (χ0n) is 23.8. The molecule has 0 amide bonds. The summed E-state index contributed by atoms with van der Waals surface area (Å²) in [5.74, 6) is -2.61. The van der Waals surface area contributed by atoms with Gasteiger partial charge in [0, 0.05) is 27.7 Å². The van der Waals surface area contributed by atoms with Crippen LogP contribution in [0.15, 0.2) is 30.3 Å². The summed E-state index contributed by atoms with van der Waals surface area (Å²) in [6.45, 7) is 10.2. The number of carbonyl (C=O) groups is 4. The van der Waals surface area contributed by atoms with E-state index in [9.17, 15) is 19.2 Å². The molecule has 0 saturated carbocycles. The van der Waals surface area contributed by atoms with Crippen LogP contribution < -0.4 is 0 Å². The van der Waals surface area contributed by atoms with Gasteiger partial charge >= 0.3 is 23.9 Å². The van der Waals surface area contributed by atoms with Gasteiger partial charge in [0.05, 0.1) is 24.9 Å². The van der Waals surface area contributed by atoms with Crippen molar-refractivity contribution >= 4 is 23.9 Å². The van der Waals surface area contributed by atoms with Crippen molar-refractivity contribution in [2.45, 2.75) is 116 Å². The molecule has 0 radical (unpaired) electrons. The van der Waals surface area contributed by atoms with Gasteiger partial charge in [-0.25, -0.2) is 0 Å². The molecule has 2 aliphatic rings. The Morgan fingerprint density at radius 3 is 1.60 bits per heavy atom. The first-order valence-corrected chi connectivity index (χ1v) is 13.2. The standard InChI is InChI=1S/C28H38O12/c1-14-22(33-13-21-11-9-8-10-12-21)25(23(15(2)34-14)36-17(4)29)40-28-27(39-20(7)32)26(38-19(6)31)24(16(3)35-28)37-18(5)30/h8-12,14-16,22-28H,13H2,1-7H3/t14?,15-,16?,22-,23?,24-,25+,26+,27?,28-/m0/s1. The molecule has 2 heterocycles. The van der Waals surface area contributed by atoms with Gasteiger partial charge in [0.2, 0.25) is 0 Å². The van der Waals surface area contributed by atoms with Crippen LogP contribution in [0.2, 0.25) is 0 Å². The number of esters is 4. The summed E-state index contributed by atoms with van der Waals surface area (Å²) in [5, 5.41) is 0. The Hall–Kier alpha value is -3.06. The zero-order chi connectivity index (χ0) is 29.6. The molecule has 12 heteroatoms. The highest BCUT2D eigenvalue weighted by Crippen LogP contribution is 2.35. The van der Waals surface area contributed by atoms with E-state index < -0.39 is 85.1 Å². The zero-order valence-corrected chi connectivity index (χ0v) is 23.8. The Morgan fingerprint density at radius 2 is 1.05 bits per heavy atom. The lowest BCUT2D eigenvalue weighted by Gasteiger charge is -2.48. The molecule has 222 valence electrons. The van der Waals surface area contributed by atoms with Crippen molar-refractivity contribution in [1.82, 2.24) is 0 Å². The second-order valence-corrected chi connectivity index (χ2v) is 9.91. The van der Waals surface area contributed by atoms with Crippen LogP contribution >= 0.6 is 0 Å². The Labute approximate surface area is 233 Å². The summed E-state index contributed by atoms with van der Waals surface area (Å²) in [4.78, 5) is 48.1. The van der Waals surface area contributed by atoms with E-state index >= 15 is 0 Å². The number of hydrogen-bond acceptors (Lipinski definition) is 12. The summed E-state index contributed by atoms with van der Waals surface area (Å²) >= 11 is 0. The normalized spacial score (nSPS) is 33.9. The minimum atomic E-state index is -1.33. The topological polar surface area (TPSA) is 142 Å². The quantitative estimate of drug-likeness (QED) is 0.319. The minimum Gasteiger partial charge on any atom is -0.457 e. The molecule has 0 N–H and O–H groups in total. The fraction of sp³-hybridized carbons (Fsp3) is 0.643. The average Bonchev–Trinajstić information content (AvgIpc) is 2.85. The monoisotopic (exact) mass is 566 g/mol.